The highest BCUT2D eigenvalue weighted by molar-refractivity contribution is 5.89. The van der Waals surface area contributed by atoms with Gasteiger partial charge in [0.25, 0.3) is 0 Å². The van der Waals surface area contributed by atoms with E-state index in [0.29, 0.717) is 5.92 Å². The summed E-state index contributed by atoms with van der Waals surface area (Å²) in [5.41, 5.74) is 0.130. The fraction of sp³-hybridized carbons (Fsp3) is 0.600. The quantitative estimate of drug-likeness (QED) is 0.767. The largest absolute Gasteiger partial charge is 0.459 e. The Labute approximate surface area is 113 Å². The lowest BCUT2D eigenvalue weighted by atomic mass is 9.71. The number of nitrogens with zero attached hydrogens (tertiary/aromatic N) is 1. The molecule has 0 amide bonds. The zero-order valence-corrected chi connectivity index (χ0v) is 11.6. The summed E-state index contributed by atoms with van der Waals surface area (Å²) in [7, 11) is 0. The minimum atomic E-state index is -0.629. The Balaban J connectivity index is 2.05. The number of hydrogen-bond donors (Lipinski definition) is 0. The molecule has 1 heterocycles. The highest BCUT2D eigenvalue weighted by Crippen LogP contribution is 2.39. The van der Waals surface area contributed by atoms with Gasteiger partial charge in [0.15, 0.2) is 5.82 Å². The first-order valence-corrected chi connectivity index (χ1v) is 6.68. The van der Waals surface area contributed by atoms with E-state index in [1.165, 1.54) is 12.3 Å². The Morgan fingerprint density at radius 2 is 2.21 bits per heavy atom. The molecule has 0 aromatic carbocycles. The molecular formula is C15H20FNO2. The van der Waals surface area contributed by atoms with Crippen LogP contribution in [0.3, 0.4) is 0 Å². The third-order valence-electron chi connectivity index (χ3n) is 3.61. The predicted octanol–water partition coefficient (Wildman–Crippen LogP) is 3.59. The summed E-state index contributed by atoms with van der Waals surface area (Å²) in [6.45, 7) is 6.52. The Kier molecular flexibility index (Phi) is 3.88. The minimum Gasteiger partial charge on any atom is -0.459 e. The Morgan fingerprint density at radius 3 is 2.84 bits per heavy atom. The number of esters is 1. The number of aromatic nitrogens is 1. The van der Waals surface area contributed by atoms with E-state index < -0.39 is 11.8 Å². The van der Waals surface area contributed by atoms with E-state index in [9.17, 15) is 9.18 Å². The lowest BCUT2D eigenvalue weighted by Crippen LogP contribution is -2.34. The highest BCUT2D eigenvalue weighted by atomic mass is 19.1. The summed E-state index contributed by atoms with van der Waals surface area (Å²) < 4.78 is 18.9. The number of carbonyl (C=O) groups excluding carboxylic acids is 1. The molecule has 19 heavy (non-hydrogen) atoms. The first-order chi connectivity index (χ1) is 8.87. The van der Waals surface area contributed by atoms with E-state index in [1.54, 1.807) is 0 Å². The molecule has 104 valence electrons. The third-order valence-corrected chi connectivity index (χ3v) is 3.61. The lowest BCUT2D eigenvalue weighted by Gasteiger charge is -2.38. The van der Waals surface area contributed by atoms with Crippen molar-refractivity contribution < 1.29 is 13.9 Å². The Morgan fingerprint density at radius 1 is 1.47 bits per heavy atom. The zero-order valence-electron chi connectivity index (χ0n) is 11.6. The Hall–Kier alpha value is -1.45. The van der Waals surface area contributed by atoms with Crippen molar-refractivity contribution in [3.8, 4) is 0 Å². The van der Waals surface area contributed by atoms with Crippen LogP contribution < -0.4 is 0 Å². The van der Waals surface area contributed by atoms with Gasteiger partial charge >= 0.3 is 5.97 Å². The SMILES string of the molecule is CC1CC(OC(=O)c2ccncc2F)CC(C)(C)C1. The van der Waals surface area contributed by atoms with Gasteiger partial charge in [-0.25, -0.2) is 9.18 Å². The van der Waals surface area contributed by atoms with Crippen LogP contribution in [0.2, 0.25) is 0 Å². The van der Waals surface area contributed by atoms with Gasteiger partial charge in [-0.2, -0.15) is 0 Å². The number of ether oxygens (including phenoxy) is 1. The van der Waals surface area contributed by atoms with E-state index in [1.807, 2.05) is 0 Å². The van der Waals surface area contributed by atoms with E-state index in [4.69, 9.17) is 4.74 Å². The standard InChI is InChI=1S/C15H20FNO2/c1-10-6-11(8-15(2,3)7-10)19-14(18)12-4-5-17-9-13(12)16/h4-5,9-11H,6-8H2,1-3H3. The Bertz CT molecular complexity index is 473. The molecule has 2 rings (SSSR count). The number of halogens is 1. The second kappa shape index (κ2) is 5.27. The monoisotopic (exact) mass is 265 g/mol. The summed E-state index contributed by atoms with van der Waals surface area (Å²) in [5.74, 6) is -0.700. The number of hydrogen-bond acceptors (Lipinski definition) is 3. The van der Waals surface area contributed by atoms with Gasteiger partial charge in [-0.3, -0.25) is 4.98 Å². The summed E-state index contributed by atoms with van der Waals surface area (Å²) in [4.78, 5) is 15.6. The highest BCUT2D eigenvalue weighted by Gasteiger charge is 2.34. The summed E-state index contributed by atoms with van der Waals surface area (Å²) in [5, 5.41) is 0. The molecule has 1 saturated carbocycles. The van der Waals surface area contributed by atoms with Crippen molar-refractivity contribution in [1.82, 2.24) is 4.98 Å². The third kappa shape index (κ3) is 3.52. The van der Waals surface area contributed by atoms with Gasteiger partial charge in [-0.15, -0.1) is 0 Å². The maximum Gasteiger partial charge on any atom is 0.341 e. The predicted molar refractivity (Wildman–Crippen MR) is 70.2 cm³/mol. The molecule has 3 nitrogen and oxygen atoms in total. The maximum absolute atomic E-state index is 13.5. The van der Waals surface area contributed by atoms with Crippen LogP contribution in [0.4, 0.5) is 4.39 Å². The van der Waals surface area contributed by atoms with Crippen LogP contribution in [0.1, 0.15) is 50.4 Å². The van der Waals surface area contributed by atoms with Gasteiger partial charge < -0.3 is 4.74 Å². The van der Waals surface area contributed by atoms with E-state index >= 15 is 0 Å². The summed E-state index contributed by atoms with van der Waals surface area (Å²) in [6.07, 6.45) is 5.11. The molecule has 0 saturated heterocycles. The molecule has 4 heteroatoms. The van der Waals surface area contributed by atoms with Crippen LogP contribution >= 0.6 is 0 Å². The van der Waals surface area contributed by atoms with Gasteiger partial charge in [0, 0.05) is 6.20 Å². The first-order valence-electron chi connectivity index (χ1n) is 6.68. The van der Waals surface area contributed by atoms with Crippen molar-refractivity contribution in [3.63, 3.8) is 0 Å². The molecule has 1 fully saturated rings. The lowest BCUT2D eigenvalue weighted by molar-refractivity contribution is -0.00752. The molecule has 1 aliphatic carbocycles. The second-order valence-electron chi connectivity index (χ2n) is 6.30. The molecule has 1 aliphatic rings. The number of rotatable bonds is 2. The molecular weight excluding hydrogens is 245 g/mol. The van der Waals surface area contributed by atoms with Crippen molar-refractivity contribution in [2.75, 3.05) is 0 Å². The fourth-order valence-corrected chi connectivity index (χ4v) is 3.10. The van der Waals surface area contributed by atoms with Gasteiger partial charge in [0.05, 0.1) is 11.8 Å². The van der Waals surface area contributed by atoms with Gasteiger partial charge in [0.2, 0.25) is 0 Å². The van der Waals surface area contributed by atoms with Crippen LogP contribution in [-0.4, -0.2) is 17.1 Å². The molecule has 0 N–H and O–H groups in total. The number of pyridine rings is 1. The van der Waals surface area contributed by atoms with Crippen molar-refractivity contribution in [3.05, 3.63) is 29.8 Å². The van der Waals surface area contributed by atoms with Gasteiger partial charge in [-0.05, 0) is 36.7 Å². The molecule has 1 aromatic rings. The van der Waals surface area contributed by atoms with Crippen LogP contribution in [0.25, 0.3) is 0 Å². The molecule has 1 aromatic heterocycles. The summed E-state index contributed by atoms with van der Waals surface area (Å²) in [6, 6.07) is 1.36. The van der Waals surface area contributed by atoms with Crippen LogP contribution in [0.15, 0.2) is 18.5 Å². The van der Waals surface area contributed by atoms with Crippen LogP contribution in [-0.2, 0) is 4.74 Å². The topological polar surface area (TPSA) is 39.2 Å². The summed E-state index contributed by atoms with van der Waals surface area (Å²) >= 11 is 0. The van der Waals surface area contributed by atoms with E-state index in [0.717, 1.165) is 25.5 Å². The maximum atomic E-state index is 13.5. The van der Waals surface area contributed by atoms with Crippen molar-refractivity contribution >= 4 is 5.97 Å². The molecule has 2 unspecified atom stereocenters. The average molecular weight is 265 g/mol. The van der Waals surface area contributed by atoms with Crippen molar-refractivity contribution in [2.24, 2.45) is 11.3 Å². The van der Waals surface area contributed by atoms with E-state index in [-0.39, 0.29) is 17.1 Å². The molecule has 0 bridgehead atoms. The minimum absolute atomic E-state index is 0.0361. The second-order valence-corrected chi connectivity index (χ2v) is 6.30. The van der Waals surface area contributed by atoms with Crippen molar-refractivity contribution in [1.29, 1.82) is 0 Å². The zero-order chi connectivity index (χ0) is 14.0. The van der Waals surface area contributed by atoms with E-state index in [2.05, 4.69) is 25.8 Å². The van der Waals surface area contributed by atoms with Crippen LogP contribution in [0.5, 0.6) is 0 Å². The van der Waals surface area contributed by atoms with Gasteiger partial charge in [0.1, 0.15) is 6.10 Å². The molecule has 0 aliphatic heterocycles. The van der Waals surface area contributed by atoms with Crippen LogP contribution in [0, 0.1) is 17.2 Å². The molecule has 0 radical (unpaired) electrons. The molecule has 0 spiro atoms. The average Bonchev–Trinajstić information content (AvgIpc) is 2.26. The fourth-order valence-electron chi connectivity index (χ4n) is 3.10. The smallest absolute Gasteiger partial charge is 0.341 e. The normalized spacial score (nSPS) is 25.9. The van der Waals surface area contributed by atoms with Gasteiger partial charge in [-0.1, -0.05) is 20.8 Å². The molecule has 2 atom stereocenters. The first kappa shape index (κ1) is 14.0. The number of carbonyl (C=O) groups is 1. The van der Waals surface area contributed by atoms with Crippen molar-refractivity contribution in [2.45, 2.75) is 46.1 Å².